The van der Waals surface area contributed by atoms with Crippen LogP contribution in [0.2, 0.25) is 0 Å². The Kier molecular flexibility index (Phi) is 4.02. The van der Waals surface area contributed by atoms with E-state index in [1.165, 1.54) is 22.0 Å². The van der Waals surface area contributed by atoms with E-state index in [-0.39, 0.29) is 0 Å². The molecule has 0 heterocycles. The molecule has 100 valence electrons. The van der Waals surface area contributed by atoms with Crippen molar-refractivity contribution in [2.75, 3.05) is 14.2 Å². The van der Waals surface area contributed by atoms with Gasteiger partial charge in [-0.2, -0.15) is 0 Å². The van der Waals surface area contributed by atoms with Crippen LogP contribution in [0.15, 0.2) is 16.6 Å². The maximum absolute atomic E-state index is 5.54. The van der Waals surface area contributed by atoms with E-state index < -0.39 is 0 Å². The lowest BCUT2D eigenvalue weighted by Crippen LogP contribution is -2.23. The SMILES string of the molecule is CNC1CC(C)(C)CCc2c(OC)ccc(Br)c21. The summed E-state index contributed by atoms with van der Waals surface area (Å²) in [5.41, 5.74) is 3.09. The van der Waals surface area contributed by atoms with Gasteiger partial charge in [-0.15, -0.1) is 0 Å². The molecule has 2 nitrogen and oxygen atoms in total. The first kappa shape index (κ1) is 13.9. The fraction of sp³-hybridized carbons (Fsp3) is 0.600. The van der Waals surface area contributed by atoms with Gasteiger partial charge in [0.15, 0.2) is 0 Å². The first-order valence-corrected chi connectivity index (χ1v) is 7.30. The minimum absolute atomic E-state index is 0.358. The second kappa shape index (κ2) is 5.22. The molecule has 1 atom stereocenters. The molecule has 2 rings (SSSR count). The predicted octanol–water partition coefficient (Wildman–Crippen LogP) is 4.08. The van der Waals surface area contributed by atoms with E-state index in [9.17, 15) is 0 Å². The highest BCUT2D eigenvalue weighted by Gasteiger charge is 2.31. The topological polar surface area (TPSA) is 21.3 Å². The van der Waals surface area contributed by atoms with Crippen molar-refractivity contribution in [1.82, 2.24) is 5.32 Å². The second-order valence-electron chi connectivity index (χ2n) is 5.85. The molecular weight excluding hydrogens is 290 g/mol. The van der Waals surface area contributed by atoms with E-state index >= 15 is 0 Å². The molecule has 0 spiro atoms. The maximum atomic E-state index is 5.54. The van der Waals surface area contributed by atoms with E-state index in [0.717, 1.165) is 18.6 Å². The summed E-state index contributed by atoms with van der Waals surface area (Å²) in [6, 6.07) is 4.55. The summed E-state index contributed by atoms with van der Waals surface area (Å²) in [7, 11) is 3.80. The van der Waals surface area contributed by atoms with Crippen molar-refractivity contribution in [1.29, 1.82) is 0 Å². The summed E-state index contributed by atoms with van der Waals surface area (Å²) < 4.78 is 6.73. The van der Waals surface area contributed by atoms with Crippen LogP contribution >= 0.6 is 15.9 Å². The predicted molar refractivity (Wildman–Crippen MR) is 79.2 cm³/mol. The lowest BCUT2D eigenvalue weighted by molar-refractivity contribution is 0.279. The molecule has 0 radical (unpaired) electrons. The summed E-state index contributed by atoms with van der Waals surface area (Å²) in [6.45, 7) is 4.70. The third-order valence-corrected chi connectivity index (χ3v) is 4.68. The Bertz CT molecular complexity index is 442. The minimum atomic E-state index is 0.358. The standard InChI is InChI=1S/C15H22BrNO/c1-15(2)8-7-10-13(18-4)6-5-11(16)14(10)12(9-15)17-3/h5-6,12,17H,7-9H2,1-4H3. The number of benzene rings is 1. The third-order valence-electron chi connectivity index (χ3n) is 3.99. The molecule has 18 heavy (non-hydrogen) atoms. The Labute approximate surface area is 118 Å². The van der Waals surface area contributed by atoms with Crippen LogP contribution in [0.5, 0.6) is 5.75 Å². The molecule has 0 bridgehead atoms. The van der Waals surface area contributed by atoms with Gasteiger partial charge >= 0.3 is 0 Å². The van der Waals surface area contributed by atoms with Crippen LogP contribution in [0.1, 0.15) is 43.9 Å². The highest BCUT2D eigenvalue weighted by Crippen LogP contribution is 2.44. The van der Waals surface area contributed by atoms with Crippen molar-refractivity contribution >= 4 is 15.9 Å². The average molecular weight is 312 g/mol. The Balaban J connectivity index is 2.55. The van der Waals surface area contributed by atoms with Crippen molar-refractivity contribution in [2.45, 2.75) is 39.2 Å². The zero-order chi connectivity index (χ0) is 13.3. The van der Waals surface area contributed by atoms with E-state index in [1.807, 2.05) is 7.05 Å². The normalized spacial score (nSPS) is 22.2. The average Bonchev–Trinajstić information content (AvgIpc) is 2.47. The van der Waals surface area contributed by atoms with Crippen molar-refractivity contribution in [3.8, 4) is 5.75 Å². The van der Waals surface area contributed by atoms with Crippen molar-refractivity contribution in [3.05, 3.63) is 27.7 Å². The van der Waals surface area contributed by atoms with Gasteiger partial charge in [-0.25, -0.2) is 0 Å². The molecular formula is C15H22BrNO. The minimum Gasteiger partial charge on any atom is -0.496 e. The Hall–Kier alpha value is -0.540. The molecule has 0 aliphatic heterocycles. The molecule has 1 aliphatic rings. The zero-order valence-corrected chi connectivity index (χ0v) is 13.2. The molecule has 1 aromatic carbocycles. The number of fused-ring (bicyclic) bond motifs is 1. The Morgan fingerprint density at radius 1 is 1.39 bits per heavy atom. The van der Waals surface area contributed by atoms with Gasteiger partial charge in [0.1, 0.15) is 5.75 Å². The lowest BCUT2D eigenvalue weighted by atomic mass is 9.83. The molecule has 0 aromatic heterocycles. The zero-order valence-electron chi connectivity index (χ0n) is 11.6. The van der Waals surface area contributed by atoms with E-state index in [2.05, 4.69) is 47.2 Å². The van der Waals surface area contributed by atoms with Gasteiger partial charge in [-0.1, -0.05) is 29.8 Å². The molecule has 1 aromatic rings. The van der Waals surface area contributed by atoms with Gasteiger partial charge in [0.05, 0.1) is 7.11 Å². The molecule has 0 fully saturated rings. The molecule has 0 saturated heterocycles. The summed E-state index contributed by atoms with van der Waals surface area (Å²) >= 11 is 3.70. The Morgan fingerprint density at radius 2 is 2.11 bits per heavy atom. The first-order valence-electron chi connectivity index (χ1n) is 6.51. The smallest absolute Gasteiger partial charge is 0.122 e. The third kappa shape index (κ3) is 2.57. The summed E-state index contributed by atoms with van der Waals surface area (Å²) in [6.07, 6.45) is 3.44. The highest BCUT2D eigenvalue weighted by atomic mass is 79.9. The fourth-order valence-corrected chi connectivity index (χ4v) is 3.56. The Morgan fingerprint density at radius 3 is 2.72 bits per heavy atom. The molecule has 1 N–H and O–H groups in total. The lowest BCUT2D eigenvalue weighted by Gasteiger charge is -2.27. The van der Waals surface area contributed by atoms with E-state index in [1.54, 1.807) is 7.11 Å². The van der Waals surface area contributed by atoms with Crippen LogP contribution < -0.4 is 10.1 Å². The fourth-order valence-electron chi connectivity index (χ4n) is 2.91. The number of nitrogens with one attached hydrogen (secondary N) is 1. The largest absolute Gasteiger partial charge is 0.496 e. The van der Waals surface area contributed by atoms with Gasteiger partial charge in [0, 0.05) is 16.1 Å². The number of rotatable bonds is 2. The van der Waals surface area contributed by atoms with Crippen LogP contribution in [0.25, 0.3) is 0 Å². The molecule has 0 amide bonds. The van der Waals surface area contributed by atoms with Crippen LogP contribution in [0, 0.1) is 5.41 Å². The van der Waals surface area contributed by atoms with E-state index in [0.29, 0.717) is 11.5 Å². The number of hydrogen-bond donors (Lipinski definition) is 1. The number of ether oxygens (including phenoxy) is 1. The summed E-state index contributed by atoms with van der Waals surface area (Å²) in [5.74, 6) is 1.02. The number of methoxy groups -OCH3 is 1. The summed E-state index contributed by atoms with van der Waals surface area (Å²) in [4.78, 5) is 0. The number of hydrogen-bond acceptors (Lipinski definition) is 2. The quantitative estimate of drug-likeness (QED) is 0.831. The van der Waals surface area contributed by atoms with Crippen LogP contribution in [-0.2, 0) is 6.42 Å². The van der Waals surface area contributed by atoms with Crippen LogP contribution in [-0.4, -0.2) is 14.2 Å². The van der Waals surface area contributed by atoms with Crippen LogP contribution in [0.3, 0.4) is 0 Å². The first-order chi connectivity index (χ1) is 8.48. The van der Waals surface area contributed by atoms with Gasteiger partial charge in [0.2, 0.25) is 0 Å². The van der Waals surface area contributed by atoms with Gasteiger partial charge in [-0.05, 0) is 49.4 Å². The maximum Gasteiger partial charge on any atom is 0.122 e. The van der Waals surface area contributed by atoms with Gasteiger partial charge in [0.25, 0.3) is 0 Å². The van der Waals surface area contributed by atoms with Crippen LogP contribution in [0.4, 0.5) is 0 Å². The molecule has 1 unspecified atom stereocenters. The van der Waals surface area contributed by atoms with Crippen molar-refractivity contribution in [3.63, 3.8) is 0 Å². The molecule has 0 saturated carbocycles. The summed E-state index contributed by atoms with van der Waals surface area (Å²) in [5, 5.41) is 3.46. The van der Waals surface area contributed by atoms with Crippen molar-refractivity contribution < 1.29 is 4.74 Å². The number of halogens is 1. The molecule has 3 heteroatoms. The monoisotopic (exact) mass is 311 g/mol. The van der Waals surface area contributed by atoms with E-state index in [4.69, 9.17) is 4.74 Å². The van der Waals surface area contributed by atoms with Crippen molar-refractivity contribution in [2.24, 2.45) is 5.41 Å². The second-order valence-corrected chi connectivity index (χ2v) is 6.71. The van der Waals surface area contributed by atoms with Gasteiger partial charge < -0.3 is 10.1 Å². The van der Waals surface area contributed by atoms with Gasteiger partial charge in [-0.3, -0.25) is 0 Å². The molecule has 1 aliphatic carbocycles. The highest BCUT2D eigenvalue weighted by molar-refractivity contribution is 9.10.